The van der Waals surface area contributed by atoms with Gasteiger partial charge in [0, 0.05) is 26.2 Å². The molecule has 0 aromatic rings. The van der Waals surface area contributed by atoms with E-state index in [0.717, 1.165) is 32.4 Å². The fourth-order valence-corrected chi connectivity index (χ4v) is 2.87. The van der Waals surface area contributed by atoms with Crippen molar-refractivity contribution in [1.29, 1.82) is 0 Å². The Bertz CT molecular complexity index is 270. The predicted molar refractivity (Wildman–Crippen MR) is 66.8 cm³/mol. The number of hydrogen-bond donors (Lipinski definition) is 1. The van der Waals surface area contributed by atoms with Gasteiger partial charge in [0.1, 0.15) is 0 Å². The van der Waals surface area contributed by atoms with Crippen LogP contribution in [0.25, 0.3) is 0 Å². The van der Waals surface area contributed by atoms with Gasteiger partial charge in [-0.15, -0.1) is 0 Å². The van der Waals surface area contributed by atoms with Gasteiger partial charge in [-0.2, -0.15) is 0 Å². The number of nitrogens with one attached hydrogen (secondary N) is 1. The van der Waals surface area contributed by atoms with E-state index in [1.165, 1.54) is 12.8 Å². The summed E-state index contributed by atoms with van der Waals surface area (Å²) in [4.78, 5) is 14.5. The second-order valence-electron chi connectivity index (χ2n) is 5.28. The normalized spacial score (nSPS) is 34.7. The van der Waals surface area contributed by atoms with Gasteiger partial charge in [0.2, 0.25) is 5.91 Å². The van der Waals surface area contributed by atoms with Gasteiger partial charge in [0.05, 0.1) is 12.1 Å². The number of carbonyl (C=O) groups is 1. The van der Waals surface area contributed by atoms with Gasteiger partial charge in [-0.05, 0) is 26.2 Å². The molecule has 0 saturated carbocycles. The van der Waals surface area contributed by atoms with Crippen molar-refractivity contribution in [2.45, 2.75) is 57.2 Å². The average molecular weight is 240 g/mol. The molecule has 0 radical (unpaired) electrons. The molecule has 0 spiro atoms. The maximum Gasteiger partial charge on any atom is 0.240 e. The molecule has 0 aromatic carbocycles. The minimum Gasteiger partial charge on any atom is -0.380 e. The third kappa shape index (κ3) is 2.99. The fourth-order valence-electron chi connectivity index (χ4n) is 2.87. The Labute approximate surface area is 104 Å². The van der Waals surface area contributed by atoms with E-state index in [4.69, 9.17) is 4.74 Å². The lowest BCUT2D eigenvalue weighted by atomic mass is 10.1. The molecule has 1 amide bonds. The molecule has 3 unspecified atom stereocenters. The highest BCUT2D eigenvalue weighted by atomic mass is 16.5. The van der Waals surface area contributed by atoms with Crippen LogP contribution in [0.2, 0.25) is 0 Å². The van der Waals surface area contributed by atoms with Crippen LogP contribution in [0.1, 0.15) is 39.0 Å². The van der Waals surface area contributed by atoms with Crippen LogP contribution in [0.15, 0.2) is 0 Å². The fraction of sp³-hybridized carbons (Fsp3) is 0.923. The maximum atomic E-state index is 12.4. The molecule has 0 aromatic heterocycles. The molecule has 17 heavy (non-hydrogen) atoms. The first kappa shape index (κ1) is 12.8. The molecule has 3 atom stereocenters. The molecule has 2 heterocycles. The van der Waals surface area contributed by atoms with Gasteiger partial charge in [-0.25, -0.2) is 0 Å². The Kier molecular flexibility index (Phi) is 4.40. The van der Waals surface area contributed by atoms with Crippen LogP contribution in [-0.4, -0.2) is 49.2 Å². The van der Waals surface area contributed by atoms with Crippen LogP contribution in [0.4, 0.5) is 0 Å². The first-order chi connectivity index (χ1) is 8.22. The summed E-state index contributed by atoms with van der Waals surface area (Å²) in [7, 11) is 1.72. The Morgan fingerprint density at radius 2 is 2.18 bits per heavy atom. The molecule has 0 bridgehead atoms. The van der Waals surface area contributed by atoms with Gasteiger partial charge in [0.25, 0.3) is 0 Å². The van der Waals surface area contributed by atoms with Crippen molar-refractivity contribution in [2.75, 3.05) is 20.2 Å². The van der Waals surface area contributed by atoms with Crippen molar-refractivity contribution < 1.29 is 9.53 Å². The summed E-state index contributed by atoms with van der Waals surface area (Å²) in [5, 5.41) is 3.28. The summed E-state index contributed by atoms with van der Waals surface area (Å²) in [6, 6.07) is 0.369. The van der Waals surface area contributed by atoms with Crippen LogP contribution in [0.3, 0.4) is 0 Å². The van der Waals surface area contributed by atoms with E-state index < -0.39 is 0 Å². The first-order valence-corrected chi connectivity index (χ1v) is 6.79. The zero-order valence-electron chi connectivity index (χ0n) is 10.9. The molecule has 2 aliphatic rings. The van der Waals surface area contributed by atoms with E-state index in [-0.39, 0.29) is 18.1 Å². The standard InChI is InChI=1S/C13H24N2O2/c1-10-6-4-3-5-7-15(10)13(16)12-8-11(17-2)9-14-12/h10-12,14H,3-9H2,1-2H3. The Morgan fingerprint density at radius 1 is 1.35 bits per heavy atom. The van der Waals surface area contributed by atoms with E-state index >= 15 is 0 Å². The van der Waals surface area contributed by atoms with Crippen molar-refractivity contribution in [3.63, 3.8) is 0 Å². The van der Waals surface area contributed by atoms with Crippen molar-refractivity contribution in [1.82, 2.24) is 10.2 Å². The van der Waals surface area contributed by atoms with Gasteiger partial charge < -0.3 is 15.0 Å². The lowest BCUT2D eigenvalue weighted by Gasteiger charge is -2.29. The zero-order valence-corrected chi connectivity index (χ0v) is 10.9. The monoisotopic (exact) mass is 240 g/mol. The molecule has 2 saturated heterocycles. The summed E-state index contributed by atoms with van der Waals surface area (Å²) < 4.78 is 5.30. The Morgan fingerprint density at radius 3 is 2.88 bits per heavy atom. The summed E-state index contributed by atoms with van der Waals surface area (Å²) in [5.41, 5.74) is 0. The number of hydrogen-bond acceptors (Lipinski definition) is 3. The molecule has 0 aliphatic carbocycles. The van der Waals surface area contributed by atoms with E-state index in [0.29, 0.717) is 6.04 Å². The smallest absolute Gasteiger partial charge is 0.240 e. The molecule has 2 fully saturated rings. The topological polar surface area (TPSA) is 41.6 Å². The summed E-state index contributed by atoms with van der Waals surface area (Å²) in [6.07, 6.45) is 5.82. The van der Waals surface area contributed by atoms with Crippen LogP contribution >= 0.6 is 0 Å². The van der Waals surface area contributed by atoms with E-state index in [9.17, 15) is 4.79 Å². The maximum absolute atomic E-state index is 12.4. The molecule has 98 valence electrons. The first-order valence-electron chi connectivity index (χ1n) is 6.79. The summed E-state index contributed by atoms with van der Waals surface area (Å²) in [6.45, 7) is 3.90. The zero-order chi connectivity index (χ0) is 12.3. The highest BCUT2D eigenvalue weighted by Crippen LogP contribution is 2.20. The number of rotatable bonds is 2. The average Bonchev–Trinajstić information content (AvgIpc) is 2.71. The number of carbonyl (C=O) groups excluding carboxylic acids is 1. The molecule has 1 N–H and O–H groups in total. The second kappa shape index (κ2) is 5.83. The molecular formula is C13H24N2O2. The molecule has 4 nitrogen and oxygen atoms in total. The third-order valence-corrected chi connectivity index (χ3v) is 4.06. The largest absolute Gasteiger partial charge is 0.380 e. The summed E-state index contributed by atoms with van der Waals surface area (Å²) >= 11 is 0. The van der Waals surface area contributed by atoms with Gasteiger partial charge in [0.15, 0.2) is 0 Å². The SMILES string of the molecule is COC1CNC(C(=O)N2CCCCCC2C)C1. The van der Waals surface area contributed by atoms with Crippen LogP contribution < -0.4 is 5.32 Å². The lowest BCUT2D eigenvalue weighted by Crippen LogP contribution is -2.47. The molecule has 2 rings (SSSR count). The second-order valence-corrected chi connectivity index (χ2v) is 5.28. The molecular weight excluding hydrogens is 216 g/mol. The Hall–Kier alpha value is -0.610. The van der Waals surface area contributed by atoms with E-state index in [2.05, 4.69) is 17.1 Å². The lowest BCUT2D eigenvalue weighted by molar-refractivity contribution is -0.135. The van der Waals surface area contributed by atoms with Crippen molar-refractivity contribution >= 4 is 5.91 Å². The Balaban J connectivity index is 1.94. The number of likely N-dealkylation sites (tertiary alicyclic amines) is 1. The van der Waals surface area contributed by atoms with Crippen molar-refractivity contribution in [3.8, 4) is 0 Å². The molecule has 4 heteroatoms. The highest BCUT2D eigenvalue weighted by Gasteiger charge is 2.34. The van der Waals surface area contributed by atoms with Crippen LogP contribution in [-0.2, 0) is 9.53 Å². The number of amides is 1. The van der Waals surface area contributed by atoms with Gasteiger partial charge in [-0.3, -0.25) is 4.79 Å². The van der Waals surface area contributed by atoms with Crippen molar-refractivity contribution in [3.05, 3.63) is 0 Å². The minimum absolute atomic E-state index is 0.0273. The summed E-state index contributed by atoms with van der Waals surface area (Å²) in [5.74, 6) is 0.277. The quantitative estimate of drug-likeness (QED) is 0.787. The minimum atomic E-state index is -0.0273. The van der Waals surface area contributed by atoms with Gasteiger partial charge in [-0.1, -0.05) is 12.8 Å². The van der Waals surface area contributed by atoms with Crippen molar-refractivity contribution in [2.24, 2.45) is 0 Å². The van der Waals surface area contributed by atoms with Gasteiger partial charge >= 0.3 is 0 Å². The number of methoxy groups -OCH3 is 1. The highest BCUT2D eigenvalue weighted by molar-refractivity contribution is 5.82. The van der Waals surface area contributed by atoms with Crippen LogP contribution in [0, 0.1) is 0 Å². The van der Waals surface area contributed by atoms with Crippen LogP contribution in [0.5, 0.6) is 0 Å². The van der Waals surface area contributed by atoms with E-state index in [1.807, 2.05) is 0 Å². The molecule has 2 aliphatic heterocycles. The predicted octanol–water partition coefficient (Wildman–Crippen LogP) is 1.15. The van der Waals surface area contributed by atoms with E-state index in [1.54, 1.807) is 7.11 Å². The number of nitrogens with zero attached hydrogens (tertiary/aromatic N) is 1. The third-order valence-electron chi connectivity index (χ3n) is 4.06. The number of ether oxygens (including phenoxy) is 1.